The Bertz CT molecular complexity index is 553. The lowest BCUT2D eigenvalue weighted by atomic mass is 10.0. The van der Waals surface area contributed by atoms with Crippen LogP contribution in [0.15, 0.2) is 0 Å². The molecule has 0 unspecified atom stereocenters. The number of hydrogen-bond acceptors (Lipinski definition) is 6. The zero-order valence-electron chi connectivity index (χ0n) is 10.9. The number of hydrogen-bond donors (Lipinski definition) is 1. The van der Waals surface area contributed by atoms with Gasteiger partial charge in [0, 0.05) is 18.5 Å². The largest absolute Gasteiger partial charge is 0.378 e. The monoisotopic (exact) mass is 279 g/mol. The van der Waals surface area contributed by atoms with E-state index in [-0.39, 0.29) is 0 Å². The summed E-state index contributed by atoms with van der Waals surface area (Å²) in [7, 11) is 1.66. The molecule has 102 valence electrons. The molecule has 1 aliphatic rings. The number of nitrogens with zero attached hydrogens (tertiary/aromatic N) is 4. The van der Waals surface area contributed by atoms with Gasteiger partial charge >= 0.3 is 0 Å². The Morgan fingerprint density at radius 2 is 2.21 bits per heavy atom. The molecular formula is C12H17N5OS. The van der Waals surface area contributed by atoms with Crippen molar-refractivity contribution >= 4 is 11.3 Å². The molecule has 7 heteroatoms. The van der Waals surface area contributed by atoms with Crippen molar-refractivity contribution in [2.75, 3.05) is 7.11 Å². The summed E-state index contributed by atoms with van der Waals surface area (Å²) in [5.41, 5.74) is 8.58. The van der Waals surface area contributed by atoms with Crippen LogP contribution in [0.5, 0.6) is 0 Å². The number of aryl methyl sites for hydroxylation is 2. The Hall–Kier alpha value is -1.31. The Labute approximate surface area is 115 Å². The average molecular weight is 279 g/mol. The number of aromatic nitrogens is 4. The van der Waals surface area contributed by atoms with Crippen LogP contribution in [0.4, 0.5) is 0 Å². The molecule has 2 aromatic heterocycles. The zero-order chi connectivity index (χ0) is 13.2. The Balaban J connectivity index is 2.01. The molecule has 0 spiro atoms. The van der Waals surface area contributed by atoms with Crippen molar-refractivity contribution in [3.63, 3.8) is 0 Å². The highest BCUT2D eigenvalue weighted by atomic mass is 32.1. The molecule has 3 rings (SSSR count). The number of rotatable bonds is 4. The summed E-state index contributed by atoms with van der Waals surface area (Å²) in [6, 6.07) is 0. The van der Waals surface area contributed by atoms with Crippen LogP contribution < -0.4 is 5.73 Å². The molecule has 0 radical (unpaired) electrons. The topological polar surface area (TPSA) is 78.9 Å². The molecule has 0 aromatic carbocycles. The van der Waals surface area contributed by atoms with Crippen LogP contribution in [0.25, 0.3) is 5.13 Å². The SMILES string of the molecule is COCc1c(CN)nnn1-c1nc2c(s1)CCCC2. The minimum absolute atomic E-state index is 0.365. The summed E-state index contributed by atoms with van der Waals surface area (Å²) in [6.07, 6.45) is 4.69. The zero-order valence-corrected chi connectivity index (χ0v) is 11.7. The number of ether oxygens (including phenoxy) is 1. The molecule has 0 amide bonds. The Kier molecular flexibility index (Phi) is 3.58. The van der Waals surface area contributed by atoms with Crippen molar-refractivity contribution in [1.29, 1.82) is 0 Å². The predicted octanol–water partition coefficient (Wildman–Crippen LogP) is 1.21. The van der Waals surface area contributed by atoms with Gasteiger partial charge in [0.1, 0.15) is 5.69 Å². The van der Waals surface area contributed by atoms with Crippen LogP contribution in [0, 0.1) is 0 Å². The second kappa shape index (κ2) is 5.36. The van der Waals surface area contributed by atoms with E-state index in [2.05, 4.69) is 10.3 Å². The number of thiazole rings is 1. The minimum atomic E-state index is 0.365. The van der Waals surface area contributed by atoms with Crippen molar-refractivity contribution in [1.82, 2.24) is 20.0 Å². The maximum Gasteiger partial charge on any atom is 0.212 e. The first-order valence-electron chi connectivity index (χ1n) is 6.45. The molecule has 2 heterocycles. The molecule has 0 saturated heterocycles. The van der Waals surface area contributed by atoms with Crippen molar-refractivity contribution in [3.8, 4) is 5.13 Å². The molecule has 0 atom stereocenters. The van der Waals surface area contributed by atoms with Gasteiger partial charge in [-0.05, 0) is 25.7 Å². The molecule has 0 fully saturated rings. The molecule has 0 bridgehead atoms. The second-order valence-corrected chi connectivity index (χ2v) is 5.67. The summed E-state index contributed by atoms with van der Waals surface area (Å²) in [4.78, 5) is 6.08. The van der Waals surface area contributed by atoms with E-state index in [0.717, 1.165) is 29.4 Å². The molecule has 2 N–H and O–H groups in total. The van der Waals surface area contributed by atoms with E-state index < -0.39 is 0 Å². The van der Waals surface area contributed by atoms with Gasteiger partial charge < -0.3 is 10.5 Å². The van der Waals surface area contributed by atoms with Gasteiger partial charge in [0.25, 0.3) is 0 Å². The van der Waals surface area contributed by atoms with Gasteiger partial charge in [0.05, 0.1) is 18.0 Å². The quantitative estimate of drug-likeness (QED) is 0.910. The lowest BCUT2D eigenvalue weighted by molar-refractivity contribution is 0.178. The summed E-state index contributed by atoms with van der Waals surface area (Å²) < 4.78 is 6.99. The molecule has 0 saturated carbocycles. The molecule has 6 nitrogen and oxygen atoms in total. The van der Waals surface area contributed by atoms with Crippen molar-refractivity contribution in [2.24, 2.45) is 5.73 Å². The Morgan fingerprint density at radius 1 is 1.37 bits per heavy atom. The van der Waals surface area contributed by atoms with Gasteiger partial charge in [-0.3, -0.25) is 0 Å². The molecule has 1 aliphatic carbocycles. The van der Waals surface area contributed by atoms with Crippen LogP contribution >= 0.6 is 11.3 Å². The van der Waals surface area contributed by atoms with Crippen molar-refractivity contribution in [2.45, 2.75) is 38.8 Å². The third-order valence-corrected chi connectivity index (χ3v) is 4.47. The maximum absolute atomic E-state index is 5.68. The van der Waals surface area contributed by atoms with E-state index in [1.165, 1.54) is 23.4 Å². The van der Waals surface area contributed by atoms with E-state index in [0.29, 0.717) is 13.2 Å². The fourth-order valence-electron chi connectivity index (χ4n) is 2.36. The lowest BCUT2D eigenvalue weighted by Crippen LogP contribution is -2.07. The van der Waals surface area contributed by atoms with Crippen molar-refractivity contribution < 1.29 is 4.74 Å². The number of methoxy groups -OCH3 is 1. The number of nitrogens with two attached hydrogens (primary N) is 1. The first-order valence-corrected chi connectivity index (χ1v) is 7.26. The van der Waals surface area contributed by atoms with E-state index in [9.17, 15) is 0 Å². The predicted molar refractivity (Wildman–Crippen MR) is 72.3 cm³/mol. The summed E-state index contributed by atoms with van der Waals surface area (Å²) in [6.45, 7) is 0.813. The third kappa shape index (κ3) is 2.29. The third-order valence-electron chi connectivity index (χ3n) is 3.33. The molecule has 0 aliphatic heterocycles. The summed E-state index contributed by atoms with van der Waals surface area (Å²) in [5.74, 6) is 0. The average Bonchev–Trinajstić information content (AvgIpc) is 3.01. The maximum atomic E-state index is 5.68. The summed E-state index contributed by atoms with van der Waals surface area (Å²) >= 11 is 1.71. The molecular weight excluding hydrogens is 262 g/mol. The summed E-state index contributed by atoms with van der Waals surface area (Å²) in [5, 5.41) is 9.17. The standard InChI is InChI=1S/C12H17N5OS/c1-18-7-10-9(6-13)15-16-17(10)12-14-8-4-2-3-5-11(8)19-12/h2-7,13H2,1H3. The highest BCUT2D eigenvalue weighted by Crippen LogP contribution is 2.29. The van der Waals surface area contributed by atoms with Crippen molar-refractivity contribution in [3.05, 3.63) is 22.0 Å². The van der Waals surface area contributed by atoms with Gasteiger partial charge in [-0.15, -0.1) is 5.10 Å². The molecule has 19 heavy (non-hydrogen) atoms. The van der Waals surface area contributed by atoms with Gasteiger partial charge in [0.2, 0.25) is 5.13 Å². The Morgan fingerprint density at radius 3 is 2.95 bits per heavy atom. The first-order chi connectivity index (χ1) is 9.33. The van der Waals surface area contributed by atoms with E-state index in [4.69, 9.17) is 15.5 Å². The van der Waals surface area contributed by atoms with Crippen LogP contribution in [-0.2, 0) is 30.7 Å². The van der Waals surface area contributed by atoms with Crippen LogP contribution in [0.3, 0.4) is 0 Å². The fourth-order valence-corrected chi connectivity index (χ4v) is 3.48. The van der Waals surface area contributed by atoms with Crippen LogP contribution in [0.1, 0.15) is 34.8 Å². The second-order valence-electron chi connectivity index (χ2n) is 4.61. The minimum Gasteiger partial charge on any atom is -0.378 e. The smallest absolute Gasteiger partial charge is 0.212 e. The molecule has 2 aromatic rings. The van der Waals surface area contributed by atoms with E-state index in [1.807, 2.05) is 0 Å². The van der Waals surface area contributed by atoms with Gasteiger partial charge in [-0.1, -0.05) is 16.6 Å². The highest BCUT2D eigenvalue weighted by molar-refractivity contribution is 7.14. The van der Waals surface area contributed by atoms with Crippen LogP contribution in [0.2, 0.25) is 0 Å². The normalized spacial score (nSPS) is 14.6. The highest BCUT2D eigenvalue weighted by Gasteiger charge is 2.20. The van der Waals surface area contributed by atoms with Gasteiger partial charge in [-0.25, -0.2) is 4.98 Å². The van der Waals surface area contributed by atoms with E-state index in [1.54, 1.807) is 23.1 Å². The van der Waals surface area contributed by atoms with Gasteiger partial charge in [0.15, 0.2) is 0 Å². The fraction of sp³-hybridized carbons (Fsp3) is 0.583. The van der Waals surface area contributed by atoms with Crippen LogP contribution in [-0.4, -0.2) is 27.1 Å². The van der Waals surface area contributed by atoms with E-state index >= 15 is 0 Å². The number of fused-ring (bicyclic) bond motifs is 1. The van der Waals surface area contributed by atoms with Gasteiger partial charge in [-0.2, -0.15) is 4.68 Å². The first kappa shape index (κ1) is 12.7. The lowest BCUT2D eigenvalue weighted by Gasteiger charge is -2.06.